The molecule has 2 aliphatic carbocycles. The summed E-state index contributed by atoms with van der Waals surface area (Å²) in [7, 11) is 0. The Morgan fingerprint density at radius 3 is 1.60 bits per heavy atom. The predicted molar refractivity (Wildman–Crippen MR) is 97.5 cm³/mol. The van der Waals surface area contributed by atoms with Crippen molar-refractivity contribution in [2.75, 3.05) is 0 Å². The van der Waals surface area contributed by atoms with Crippen molar-refractivity contribution in [2.45, 2.75) is 36.9 Å². The van der Waals surface area contributed by atoms with Gasteiger partial charge in [0.05, 0.1) is 24.0 Å². The van der Waals surface area contributed by atoms with E-state index in [1.54, 1.807) is 0 Å². The SMILES string of the molecule is OC1=Cc2ccccc2C1C1CCC(C2C(O)=Cc3ccccc32)O1. The van der Waals surface area contributed by atoms with Crippen molar-refractivity contribution in [2.24, 2.45) is 0 Å². The van der Waals surface area contributed by atoms with E-state index in [2.05, 4.69) is 12.1 Å². The fourth-order valence-electron chi connectivity index (χ4n) is 4.63. The van der Waals surface area contributed by atoms with Crippen LogP contribution >= 0.6 is 0 Å². The largest absolute Gasteiger partial charge is 0.512 e. The van der Waals surface area contributed by atoms with E-state index in [-0.39, 0.29) is 24.0 Å². The lowest BCUT2D eigenvalue weighted by Crippen LogP contribution is -2.24. The summed E-state index contributed by atoms with van der Waals surface area (Å²) in [6.07, 6.45) is 5.36. The molecule has 0 saturated carbocycles. The van der Waals surface area contributed by atoms with Gasteiger partial charge in [0.2, 0.25) is 0 Å². The molecule has 5 rings (SSSR count). The number of fused-ring (bicyclic) bond motifs is 2. The van der Waals surface area contributed by atoms with Gasteiger partial charge in [0, 0.05) is 0 Å². The molecule has 1 saturated heterocycles. The van der Waals surface area contributed by atoms with E-state index in [0.29, 0.717) is 11.5 Å². The third-order valence-corrected chi connectivity index (χ3v) is 5.74. The van der Waals surface area contributed by atoms with Crippen molar-refractivity contribution in [3.63, 3.8) is 0 Å². The van der Waals surface area contributed by atoms with Crippen molar-refractivity contribution in [3.8, 4) is 0 Å². The first kappa shape index (κ1) is 14.8. The molecule has 1 aliphatic heterocycles. The second-order valence-corrected chi connectivity index (χ2v) is 7.14. The van der Waals surface area contributed by atoms with Gasteiger partial charge in [-0.1, -0.05) is 48.5 Å². The molecule has 25 heavy (non-hydrogen) atoms. The average Bonchev–Trinajstić information content (AvgIpc) is 3.27. The van der Waals surface area contributed by atoms with Crippen LogP contribution in [0.4, 0.5) is 0 Å². The molecule has 2 N–H and O–H groups in total. The van der Waals surface area contributed by atoms with Gasteiger partial charge in [-0.25, -0.2) is 0 Å². The zero-order chi connectivity index (χ0) is 17.0. The molecule has 0 bridgehead atoms. The summed E-state index contributed by atoms with van der Waals surface area (Å²) in [4.78, 5) is 0. The minimum absolute atomic E-state index is 0.0505. The third kappa shape index (κ3) is 2.23. The van der Waals surface area contributed by atoms with Gasteiger partial charge < -0.3 is 14.9 Å². The first-order chi connectivity index (χ1) is 12.2. The zero-order valence-corrected chi connectivity index (χ0v) is 13.8. The van der Waals surface area contributed by atoms with Gasteiger partial charge >= 0.3 is 0 Å². The second kappa shape index (κ2) is 5.50. The smallest absolute Gasteiger partial charge is 0.103 e. The number of benzene rings is 2. The summed E-state index contributed by atoms with van der Waals surface area (Å²) in [6, 6.07) is 16.2. The van der Waals surface area contributed by atoms with Crippen LogP contribution in [-0.2, 0) is 4.74 Å². The van der Waals surface area contributed by atoms with Gasteiger partial charge in [-0.15, -0.1) is 0 Å². The van der Waals surface area contributed by atoms with Gasteiger partial charge in [-0.3, -0.25) is 0 Å². The molecule has 0 radical (unpaired) electrons. The Balaban J connectivity index is 1.41. The molecule has 0 amide bonds. The van der Waals surface area contributed by atoms with Crippen LogP contribution in [0.25, 0.3) is 12.2 Å². The van der Waals surface area contributed by atoms with E-state index < -0.39 is 0 Å². The van der Waals surface area contributed by atoms with Crippen LogP contribution < -0.4 is 0 Å². The number of hydrogen-bond donors (Lipinski definition) is 2. The molecule has 1 fully saturated rings. The fourth-order valence-corrected chi connectivity index (χ4v) is 4.63. The number of aliphatic hydroxyl groups excluding tert-OH is 2. The van der Waals surface area contributed by atoms with Crippen LogP contribution in [0.15, 0.2) is 60.0 Å². The van der Waals surface area contributed by atoms with Gasteiger partial charge in [0.25, 0.3) is 0 Å². The Bertz CT molecular complexity index is 822. The lowest BCUT2D eigenvalue weighted by atomic mass is 9.90. The second-order valence-electron chi connectivity index (χ2n) is 7.14. The van der Waals surface area contributed by atoms with Crippen molar-refractivity contribution >= 4 is 12.2 Å². The summed E-state index contributed by atoms with van der Waals surface area (Å²) in [6.45, 7) is 0. The van der Waals surface area contributed by atoms with Gasteiger partial charge in [-0.2, -0.15) is 0 Å². The maximum Gasteiger partial charge on any atom is 0.103 e. The van der Waals surface area contributed by atoms with Crippen LogP contribution in [0, 0.1) is 0 Å². The molecule has 0 spiro atoms. The van der Waals surface area contributed by atoms with Crippen molar-refractivity contribution in [1.29, 1.82) is 0 Å². The van der Waals surface area contributed by atoms with Gasteiger partial charge in [-0.05, 0) is 47.2 Å². The van der Waals surface area contributed by atoms with E-state index in [4.69, 9.17) is 4.74 Å². The Hall–Kier alpha value is -2.52. The molecule has 3 heteroatoms. The highest BCUT2D eigenvalue weighted by molar-refractivity contribution is 5.66. The van der Waals surface area contributed by atoms with Crippen LogP contribution in [0.3, 0.4) is 0 Å². The van der Waals surface area contributed by atoms with Crippen LogP contribution in [0.1, 0.15) is 46.9 Å². The third-order valence-electron chi connectivity index (χ3n) is 5.74. The summed E-state index contributed by atoms with van der Waals surface area (Å²) in [5, 5.41) is 20.9. The molecule has 3 nitrogen and oxygen atoms in total. The Morgan fingerprint density at radius 2 is 1.12 bits per heavy atom. The average molecular weight is 332 g/mol. The van der Waals surface area contributed by atoms with Gasteiger partial charge in [0.1, 0.15) is 11.5 Å². The highest BCUT2D eigenvalue weighted by atomic mass is 16.5. The monoisotopic (exact) mass is 332 g/mol. The minimum Gasteiger partial charge on any atom is -0.512 e. The summed E-state index contributed by atoms with van der Waals surface area (Å²) in [5.74, 6) is 0.588. The molecule has 4 unspecified atom stereocenters. The summed E-state index contributed by atoms with van der Waals surface area (Å²) >= 11 is 0. The van der Waals surface area contributed by atoms with E-state index in [9.17, 15) is 10.2 Å². The lowest BCUT2D eigenvalue weighted by Gasteiger charge is -2.24. The van der Waals surface area contributed by atoms with Crippen LogP contribution in [0.2, 0.25) is 0 Å². The molecule has 1 heterocycles. The van der Waals surface area contributed by atoms with E-state index in [0.717, 1.165) is 35.1 Å². The van der Waals surface area contributed by atoms with E-state index in [1.807, 2.05) is 48.6 Å². The molecular formula is C22H20O3. The van der Waals surface area contributed by atoms with E-state index in [1.165, 1.54) is 0 Å². The highest BCUT2D eigenvalue weighted by Crippen LogP contribution is 2.47. The van der Waals surface area contributed by atoms with E-state index >= 15 is 0 Å². The number of rotatable bonds is 2. The zero-order valence-electron chi connectivity index (χ0n) is 13.8. The minimum atomic E-state index is -0.0935. The Labute approximate surface area is 146 Å². The number of hydrogen-bond acceptors (Lipinski definition) is 3. The fraction of sp³-hybridized carbons (Fsp3) is 0.273. The Kier molecular flexibility index (Phi) is 3.25. The normalized spacial score (nSPS) is 29.9. The standard InChI is InChI=1S/C22H20O3/c23-17-11-13-5-1-3-7-15(13)21(17)19-9-10-20(25-19)22-16-8-4-2-6-14(16)12-18(22)24/h1-8,11-12,19-24H,9-10H2. The summed E-state index contributed by atoms with van der Waals surface area (Å²) in [5.41, 5.74) is 4.42. The van der Waals surface area contributed by atoms with Crippen LogP contribution in [0.5, 0.6) is 0 Å². The van der Waals surface area contributed by atoms with Crippen LogP contribution in [-0.4, -0.2) is 22.4 Å². The molecule has 2 aromatic carbocycles. The molecule has 4 atom stereocenters. The lowest BCUT2D eigenvalue weighted by molar-refractivity contribution is 0.0162. The maximum absolute atomic E-state index is 10.5. The Morgan fingerprint density at radius 1 is 0.680 bits per heavy atom. The quantitative estimate of drug-likeness (QED) is 0.820. The highest BCUT2D eigenvalue weighted by Gasteiger charge is 2.43. The van der Waals surface area contributed by atoms with Crippen molar-refractivity contribution in [1.82, 2.24) is 0 Å². The predicted octanol–water partition coefficient (Wildman–Crippen LogP) is 4.93. The molecule has 3 aliphatic rings. The molecule has 0 aromatic heterocycles. The summed E-state index contributed by atoms with van der Waals surface area (Å²) < 4.78 is 6.38. The molecule has 126 valence electrons. The number of ether oxygens (including phenoxy) is 1. The van der Waals surface area contributed by atoms with Gasteiger partial charge in [0.15, 0.2) is 0 Å². The molecule has 2 aromatic rings. The van der Waals surface area contributed by atoms with Crippen molar-refractivity contribution in [3.05, 3.63) is 82.3 Å². The van der Waals surface area contributed by atoms with Crippen molar-refractivity contribution < 1.29 is 14.9 Å². The first-order valence-corrected chi connectivity index (χ1v) is 8.87. The number of aliphatic hydroxyl groups is 2. The topological polar surface area (TPSA) is 49.7 Å². The maximum atomic E-state index is 10.5. The molecular weight excluding hydrogens is 312 g/mol. The first-order valence-electron chi connectivity index (χ1n) is 8.87.